The number of carbonyl (C=O) groups is 1. The number of fused-ring (bicyclic) bond motifs is 3. The monoisotopic (exact) mass is 456 g/mol. The van der Waals surface area contributed by atoms with Gasteiger partial charge < -0.3 is 14.8 Å². The fraction of sp³-hybridized carbons (Fsp3) is 0.200. The maximum atomic E-state index is 12.4. The molecular weight excluding hydrogens is 432 g/mol. The fourth-order valence-electron chi connectivity index (χ4n) is 3.89. The molecule has 0 aliphatic carbocycles. The third-order valence-corrected chi connectivity index (χ3v) is 5.72. The molecule has 5 rings (SSSR count). The van der Waals surface area contributed by atoms with Crippen molar-refractivity contribution in [3.8, 4) is 22.8 Å². The smallest absolute Gasteiger partial charge is 0.220 e. The summed E-state index contributed by atoms with van der Waals surface area (Å²) < 4.78 is 14.3. The van der Waals surface area contributed by atoms with Crippen LogP contribution in [0.4, 0.5) is 0 Å². The van der Waals surface area contributed by atoms with Crippen LogP contribution in [-0.2, 0) is 17.8 Å². The number of ether oxygens (including phenoxy) is 2. The predicted molar refractivity (Wildman–Crippen MR) is 127 cm³/mol. The van der Waals surface area contributed by atoms with Gasteiger partial charge in [-0.05, 0) is 36.4 Å². The lowest BCUT2D eigenvalue weighted by atomic mass is 10.1. The number of benzene rings is 2. The van der Waals surface area contributed by atoms with Gasteiger partial charge >= 0.3 is 0 Å². The predicted octanol–water partition coefficient (Wildman–Crippen LogP) is 3.31. The minimum absolute atomic E-state index is 0.0603. The van der Waals surface area contributed by atoms with Gasteiger partial charge in [-0.25, -0.2) is 4.52 Å². The van der Waals surface area contributed by atoms with Gasteiger partial charge in [-0.1, -0.05) is 18.2 Å². The molecule has 2 aromatic carbocycles. The number of carbonyl (C=O) groups excluding carboxylic acids is 1. The molecule has 5 aromatic rings. The molecule has 0 radical (unpaired) electrons. The molecule has 0 aliphatic rings. The van der Waals surface area contributed by atoms with Crippen LogP contribution in [0.3, 0.4) is 0 Å². The molecule has 9 heteroatoms. The average molecular weight is 457 g/mol. The van der Waals surface area contributed by atoms with Gasteiger partial charge in [-0.3, -0.25) is 9.20 Å². The molecule has 0 unspecified atom stereocenters. The summed E-state index contributed by atoms with van der Waals surface area (Å²) in [4.78, 5) is 12.4. The van der Waals surface area contributed by atoms with E-state index in [1.807, 2.05) is 71.4 Å². The molecular formula is C25H24N6O3. The van der Waals surface area contributed by atoms with E-state index in [0.717, 1.165) is 39.7 Å². The SMILES string of the molecule is COc1ccc(-c2cc3c4nnc(CCC(=O)NCc5ccccc5OC)n4ccn3n2)cc1. The van der Waals surface area contributed by atoms with Gasteiger partial charge in [-0.15, -0.1) is 10.2 Å². The number of amides is 1. The quantitative estimate of drug-likeness (QED) is 0.385. The molecule has 1 N–H and O–H groups in total. The first kappa shape index (κ1) is 21.4. The summed E-state index contributed by atoms with van der Waals surface area (Å²) in [6, 6.07) is 17.4. The molecule has 9 nitrogen and oxygen atoms in total. The number of nitrogens with zero attached hydrogens (tertiary/aromatic N) is 5. The summed E-state index contributed by atoms with van der Waals surface area (Å²) in [5, 5.41) is 16.3. The number of rotatable bonds is 8. The molecule has 0 aliphatic heterocycles. The Morgan fingerprint density at radius 3 is 2.62 bits per heavy atom. The Kier molecular flexibility index (Phi) is 5.82. The van der Waals surface area contributed by atoms with Gasteiger partial charge in [0.05, 0.1) is 19.9 Å². The highest BCUT2D eigenvalue weighted by Crippen LogP contribution is 2.24. The van der Waals surface area contributed by atoms with Crippen LogP contribution >= 0.6 is 0 Å². The first-order valence-corrected chi connectivity index (χ1v) is 10.9. The van der Waals surface area contributed by atoms with Crippen LogP contribution in [0, 0.1) is 0 Å². The Hall–Kier alpha value is -4.40. The normalized spacial score (nSPS) is 11.1. The van der Waals surface area contributed by atoms with E-state index in [-0.39, 0.29) is 5.91 Å². The molecule has 0 bridgehead atoms. The van der Waals surface area contributed by atoms with Gasteiger partial charge in [0.1, 0.15) is 22.8 Å². The van der Waals surface area contributed by atoms with Crippen molar-refractivity contribution in [1.82, 2.24) is 29.5 Å². The second-order valence-corrected chi connectivity index (χ2v) is 7.78. The number of hydrogen-bond acceptors (Lipinski definition) is 6. The Bertz CT molecular complexity index is 1460. The Morgan fingerprint density at radius 2 is 1.82 bits per heavy atom. The molecule has 1 amide bonds. The van der Waals surface area contributed by atoms with Crippen molar-refractivity contribution in [2.45, 2.75) is 19.4 Å². The Morgan fingerprint density at radius 1 is 1.00 bits per heavy atom. The number of hydrogen-bond donors (Lipinski definition) is 1. The van der Waals surface area contributed by atoms with E-state index < -0.39 is 0 Å². The first-order valence-electron chi connectivity index (χ1n) is 10.9. The zero-order chi connectivity index (χ0) is 23.5. The number of para-hydroxylation sites is 1. The average Bonchev–Trinajstić information content (AvgIpc) is 3.50. The van der Waals surface area contributed by atoms with Crippen LogP contribution in [0.2, 0.25) is 0 Å². The Labute approximate surface area is 196 Å². The summed E-state index contributed by atoms with van der Waals surface area (Å²) >= 11 is 0. The van der Waals surface area contributed by atoms with E-state index in [0.29, 0.717) is 25.0 Å². The molecule has 0 fully saturated rings. The summed E-state index contributed by atoms with van der Waals surface area (Å²) in [7, 11) is 3.26. The van der Waals surface area contributed by atoms with Crippen LogP contribution in [0.1, 0.15) is 17.8 Å². The lowest BCUT2D eigenvalue weighted by Gasteiger charge is -2.09. The zero-order valence-electron chi connectivity index (χ0n) is 18.9. The van der Waals surface area contributed by atoms with E-state index in [1.165, 1.54) is 0 Å². The summed E-state index contributed by atoms with van der Waals surface area (Å²) in [6.45, 7) is 0.411. The number of methoxy groups -OCH3 is 2. The maximum absolute atomic E-state index is 12.4. The summed E-state index contributed by atoms with van der Waals surface area (Å²) in [6.07, 6.45) is 4.51. The van der Waals surface area contributed by atoms with Crippen molar-refractivity contribution in [2.24, 2.45) is 0 Å². The van der Waals surface area contributed by atoms with Crippen molar-refractivity contribution in [1.29, 1.82) is 0 Å². The van der Waals surface area contributed by atoms with Crippen LogP contribution in [0.5, 0.6) is 11.5 Å². The van der Waals surface area contributed by atoms with Crippen molar-refractivity contribution in [3.05, 3.63) is 78.4 Å². The molecule has 0 spiro atoms. The topological polar surface area (TPSA) is 95.0 Å². The third-order valence-electron chi connectivity index (χ3n) is 5.72. The molecule has 3 heterocycles. The van der Waals surface area contributed by atoms with Gasteiger partial charge in [0.25, 0.3) is 0 Å². The number of aromatic nitrogens is 5. The van der Waals surface area contributed by atoms with Gasteiger partial charge in [0.2, 0.25) is 5.91 Å². The zero-order valence-corrected chi connectivity index (χ0v) is 18.9. The van der Waals surface area contributed by atoms with Gasteiger partial charge in [0.15, 0.2) is 5.65 Å². The first-order chi connectivity index (χ1) is 16.7. The highest BCUT2D eigenvalue weighted by Gasteiger charge is 2.14. The standard InChI is InChI=1S/C25H24N6O3/c1-33-19-9-7-17(8-10-19)20-15-21-25-28-27-23(30(25)13-14-31(21)29-20)11-12-24(32)26-16-18-5-3-4-6-22(18)34-2/h3-10,13-15H,11-12,16H2,1-2H3,(H,26,32). The van der Waals surface area contributed by atoms with Crippen LogP contribution in [-0.4, -0.2) is 44.3 Å². The largest absolute Gasteiger partial charge is 0.497 e. The van der Waals surface area contributed by atoms with Crippen molar-refractivity contribution < 1.29 is 14.3 Å². The summed E-state index contributed by atoms with van der Waals surface area (Å²) in [5.41, 5.74) is 4.28. The molecule has 3 aromatic heterocycles. The maximum Gasteiger partial charge on any atom is 0.220 e. The van der Waals surface area contributed by atoms with Crippen LogP contribution in [0.15, 0.2) is 67.0 Å². The second-order valence-electron chi connectivity index (χ2n) is 7.78. The highest BCUT2D eigenvalue weighted by molar-refractivity contribution is 5.77. The van der Waals surface area contributed by atoms with E-state index in [9.17, 15) is 4.79 Å². The molecule has 0 atom stereocenters. The summed E-state index contributed by atoms with van der Waals surface area (Å²) in [5.74, 6) is 2.21. The van der Waals surface area contributed by atoms with E-state index in [4.69, 9.17) is 9.47 Å². The van der Waals surface area contributed by atoms with Crippen LogP contribution in [0.25, 0.3) is 22.4 Å². The molecule has 0 saturated carbocycles. The number of aryl methyl sites for hydroxylation is 1. The van der Waals surface area contributed by atoms with Crippen molar-refractivity contribution in [3.63, 3.8) is 0 Å². The van der Waals surface area contributed by atoms with E-state index >= 15 is 0 Å². The van der Waals surface area contributed by atoms with Crippen molar-refractivity contribution in [2.75, 3.05) is 14.2 Å². The fourth-order valence-corrected chi connectivity index (χ4v) is 3.89. The van der Waals surface area contributed by atoms with Crippen molar-refractivity contribution >= 4 is 17.1 Å². The lowest BCUT2D eigenvalue weighted by Crippen LogP contribution is -2.23. The highest BCUT2D eigenvalue weighted by atomic mass is 16.5. The number of nitrogens with one attached hydrogen (secondary N) is 1. The minimum Gasteiger partial charge on any atom is -0.497 e. The molecule has 34 heavy (non-hydrogen) atoms. The van der Waals surface area contributed by atoms with Crippen LogP contribution < -0.4 is 14.8 Å². The minimum atomic E-state index is -0.0603. The molecule has 0 saturated heterocycles. The van der Waals surface area contributed by atoms with Gasteiger partial charge in [-0.2, -0.15) is 5.10 Å². The van der Waals surface area contributed by atoms with Gasteiger partial charge in [0, 0.05) is 42.9 Å². The lowest BCUT2D eigenvalue weighted by molar-refractivity contribution is -0.121. The Balaban J connectivity index is 1.30. The molecule has 172 valence electrons. The van der Waals surface area contributed by atoms with E-state index in [1.54, 1.807) is 18.7 Å². The third kappa shape index (κ3) is 4.15. The van der Waals surface area contributed by atoms with E-state index in [2.05, 4.69) is 20.6 Å². The second kappa shape index (κ2) is 9.22.